The fraction of sp³-hybridized carbons (Fsp3) is 0.125. The molecule has 2 N–H and O–H groups in total. The van der Waals surface area contributed by atoms with Crippen LogP contribution in [0.4, 0.5) is 5.69 Å². The van der Waals surface area contributed by atoms with Gasteiger partial charge in [-0.05, 0) is 46.8 Å². The average Bonchev–Trinajstić information content (AvgIpc) is 3.08. The number of aromatic nitrogens is 4. The molecule has 1 amide bonds. The van der Waals surface area contributed by atoms with Gasteiger partial charge >= 0.3 is 0 Å². The molecule has 1 aromatic heterocycles. The zero-order valence-corrected chi connectivity index (χ0v) is 14.1. The first kappa shape index (κ1) is 16.8. The number of benzene rings is 2. The second-order valence-corrected chi connectivity index (χ2v) is 5.90. The summed E-state index contributed by atoms with van der Waals surface area (Å²) in [6, 6.07) is 13.6. The number of rotatable bonds is 6. The van der Waals surface area contributed by atoms with Crippen molar-refractivity contribution in [3.8, 4) is 17.2 Å². The van der Waals surface area contributed by atoms with Gasteiger partial charge in [0.2, 0.25) is 11.1 Å². The number of methoxy groups -OCH3 is 1. The van der Waals surface area contributed by atoms with Gasteiger partial charge < -0.3 is 15.2 Å². The predicted molar refractivity (Wildman–Crippen MR) is 93.2 cm³/mol. The lowest BCUT2D eigenvalue weighted by Gasteiger charge is -2.06. The fourth-order valence-electron chi connectivity index (χ4n) is 2.07. The zero-order valence-electron chi connectivity index (χ0n) is 13.3. The average molecular weight is 357 g/mol. The largest absolute Gasteiger partial charge is 0.508 e. The molecule has 0 unspecified atom stereocenters. The van der Waals surface area contributed by atoms with E-state index in [4.69, 9.17) is 4.74 Å². The number of amides is 1. The number of ether oxygens (including phenoxy) is 1. The first-order valence-electron chi connectivity index (χ1n) is 7.30. The molecular formula is C16H15N5O3S. The SMILES string of the molecule is COc1ccc(-n2nnnc2SCC(=O)Nc2cccc(O)c2)cc1. The number of nitrogens with one attached hydrogen (secondary N) is 1. The second-order valence-electron chi connectivity index (χ2n) is 4.96. The Bertz CT molecular complexity index is 866. The van der Waals surface area contributed by atoms with Gasteiger partial charge in [-0.1, -0.05) is 17.8 Å². The number of hydrogen-bond acceptors (Lipinski definition) is 7. The van der Waals surface area contributed by atoms with E-state index in [-0.39, 0.29) is 17.4 Å². The van der Waals surface area contributed by atoms with Gasteiger partial charge in [-0.15, -0.1) is 5.10 Å². The number of phenolic OH excluding ortho intramolecular Hbond substituents is 1. The molecular weight excluding hydrogens is 342 g/mol. The van der Waals surface area contributed by atoms with Gasteiger partial charge in [-0.2, -0.15) is 4.68 Å². The van der Waals surface area contributed by atoms with Gasteiger partial charge in [-0.25, -0.2) is 0 Å². The third kappa shape index (κ3) is 4.27. The van der Waals surface area contributed by atoms with Crippen molar-refractivity contribution in [3.05, 3.63) is 48.5 Å². The maximum Gasteiger partial charge on any atom is 0.234 e. The number of tetrazole rings is 1. The minimum Gasteiger partial charge on any atom is -0.508 e. The number of thioether (sulfide) groups is 1. The number of carbonyl (C=O) groups is 1. The third-order valence-electron chi connectivity index (χ3n) is 3.22. The summed E-state index contributed by atoms with van der Waals surface area (Å²) in [5.74, 6) is 0.733. The lowest BCUT2D eigenvalue weighted by Crippen LogP contribution is -2.14. The van der Waals surface area contributed by atoms with Crippen molar-refractivity contribution in [2.75, 3.05) is 18.2 Å². The maximum absolute atomic E-state index is 12.0. The van der Waals surface area contributed by atoms with Crippen molar-refractivity contribution in [1.29, 1.82) is 0 Å². The van der Waals surface area contributed by atoms with E-state index in [1.165, 1.54) is 23.9 Å². The summed E-state index contributed by atoms with van der Waals surface area (Å²) in [6.45, 7) is 0. The lowest BCUT2D eigenvalue weighted by molar-refractivity contribution is -0.113. The highest BCUT2D eigenvalue weighted by Crippen LogP contribution is 2.21. The van der Waals surface area contributed by atoms with Crippen LogP contribution < -0.4 is 10.1 Å². The first-order valence-corrected chi connectivity index (χ1v) is 8.29. The molecule has 0 bridgehead atoms. The Morgan fingerprint density at radius 3 is 2.80 bits per heavy atom. The Morgan fingerprint density at radius 2 is 2.08 bits per heavy atom. The third-order valence-corrected chi connectivity index (χ3v) is 4.14. The van der Waals surface area contributed by atoms with Crippen LogP contribution in [0.1, 0.15) is 0 Å². The summed E-state index contributed by atoms with van der Waals surface area (Å²) in [5, 5.41) is 24.2. The molecule has 0 saturated heterocycles. The number of hydrogen-bond donors (Lipinski definition) is 2. The van der Waals surface area contributed by atoms with Crippen molar-refractivity contribution < 1.29 is 14.6 Å². The van der Waals surface area contributed by atoms with Crippen LogP contribution in [-0.4, -0.2) is 44.1 Å². The van der Waals surface area contributed by atoms with Crippen molar-refractivity contribution in [2.24, 2.45) is 0 Å². The van der Waals surface area contributed by atoms with E-state index in [1.807, 2.05) is 12.1 Å². The van der Waals surface area contributed by atoms with Crippen LogP contribution in [-0.2, 0) is 4.79 Å². The standard InChI is InChI=1S/C16H15N5O3S/c1-24-14-7-5-12(6-8-14)21-16(18-19-20-21)25-10-15(23)17-11-3-2-4-13(22)9-11/h2-9,22H,10H2,1H3,(H,17,23). The molecule has 0 spiro atoms. The topological polar surface area (TPSA) is 102 Å². The van der Waals surface area contributed by atoms with Crippen molar-refractivity contribution in [3.63, 3.8) is 0 Å². The molecule has 128 valence electrons. The van der Waals surface area contributed by atoms with E-state index >= 15 is 0 Å². The Kier molecular flexibility index (Phi) is 5.14. The van der Waals surface area contributed by atoms with E-state index in [9.17, 15) is 9.90 Å². The van der Waals surface area contributed by atoms with Crippen LogP contribution in [0.15, 0.2) is 53.7 Å². The molecule has 1 heterocycles. The molecule has 9 heteroatoms. The molecule has 3 rings (SSSR count). The summed E-state index contributed by atoms with van der Waals surface area (Å²) in [7, 11) is 1.60. The van der Waals surface area contributed by atoms with Crippen molar-refractivity contribution in [1.82, 2.24) is 20.2 Å². The predicted octanol–water partition coefficient (Wildman–Crippen LogP) is 2.11. The number of carbonyl (C=O) groups excluding carboxylic acids is 1. The van der Waals surface area contributed by atoms with Gasteiger partial charge in [0.1, 0.15) is 11.5 Å². The minimum absolute atomic E-state index is 0.0916. The van der Waals surface area contributed by atoms with Crippen LogP contribution in [0.2, 0.25) is 0 Å². The number of phenols is 1. The summed E-state index contributed by atoms with van der Waals surface area (Å²) in [4.78, 5) is 12.0. The van der Waals surface area contributed by atoms with Gasteiger partial charge in [-0.3, -0.25) is 4.79 Å². The van der Waals surface area contributed by atoms with E-state index in [2.05, 4.69) is 20.8 Å². The van der Waals surface area contributed by atoms with E-state index in [0.29, 0.717) is 10.8 Å². The van der Waals surface area contributed by atoms with Gasteiger partial charge in [0, 0.05) is 11.8 Å². The van der Waals surface area contributed by atoms with Crippen molar-refractivity contribution in [2.45, 2.75) is 5.16 Å². The quantitative estimate of drug-likeness (QED) is 0.651. The van der Waals surface area contributed by atoms with Crippen LogP contribution >= 0.6 is 11.8 Å². The molecule has 0 radical (unpaired) electrons. The molecule has 0 aliphatic rings. The smallest absolute Gasteiger partial charge is 0.234 e. The highest BCUT2D eigenvalue weighted by Gasteiger charge is 2.12. The van der Waals surface area contributed by atoms with Crippen LogP contribution in [0.5, 0.6) is 11.5 Å². The highest BCUT2D eigenvalue weighted by atomic mass is 32.2. The molecule has 0 fully saturated rings. The Balaban J connectivity index is 1.64. The number of anilines is 1. The summed E-state index contributed by atoms with van der Waals surface area (Å²) < 4.78 is 6.67. The van der Waals surface area contributed by atoms with Gasteiger partial charge in [0.25, 0.3) is 0 Å². The maximum atomic E-state index is 12.0. The van der Waals surface area contributed by atoms with Crippen LogP contribution in [0.25, 0.3) is 5.69 Å². The molecule has 0 atom stereocenters. The fourth-order valence-corrected chi connectivity index (χ4v) is 2.76. The molecule has 0 aliphatic heterocycles. The van der Waals surface area contributed by atoms with E-state index < -0.39 is 0 Å². The first-order chi connectivity index (χ1) is 12.2. The summed E-state index contributed by atoms with van der Waals surface area (Å²) in [6.07, 6.45) is 0. The Labute approximate surface area is 147 Å². The second kappa shape index (κ2) is 7.67. The highest BCUT2D eigenvalue weighted by molar-refractivity contribution is 7.99. The van der Waals surface area contributed by atoms with Crippen molar-refractivity contribution >= 4 is 23.4 Å². The van der Waals surface area contributed by atoms with Gasteiger partial charge in [0.15, 0.2) is 0 Å². The summed E-state index contributed by atoms with van der Waals surface area (Å²) >= 11 is 1.21. The minimum atomic E-state index is -0.222. The monoisotopic (exact) mass is 357 g/mol. The van der Waals surface area contributed by atoms with E-state index in [1.54, 1.807) is 36.1 Å². The molecule has 0 saturated carbocycles. The lowest BCUT2D eigenvalue weighted by atomic mass is 10.3. The summed E-state index contributed by atoms with van der Waals surface area (Å²) in [5.41, 5.74) is 1.29. The molecule has 25 heavy (non-hydrogen) atoms. The molecule has 3 aromatic rings. The zero-order chi connectivity index (χ0) is 17.6. The van der Waals surface area contributed by atoms with Gasteiger partial charge in [0.05, 0.1) is 18.6 Å². The van der Waals surface area contributed by atoms with Crippen LogP contribution in [0, 0.1) is 0 Å². The number of aromatic hydroxyl groups is 1. The number of nitrogens with zero attached hydrogens (tertiary/aromatic N) is 4. The van der Waals surface area contributed by atoms with Crippen LogP contribution in [0.3, 0.4) is 0 Å². The molecule has 0 aliphatic carbocycles. The Morgan fingerprint density at radius 1 is 1.28 bits per heavy atom. The normalized spacial score (nSPS) is 10.4. The molecule has 8 nitrogen and oxygen atoms in total. The molecule has 2 aromatic carbocycles. The van der Waals surface area contributed by atoms with E-state index in [0.717, 1.165) is 11.4 Å². The Hall–Kier alpha value is -3.07.